The van der Waals surface area contributed by atoms with Crippen LogP contribution in [0.3, 0.4) is 0 Å². The summed E-state index contributed by atoms with van der Waals surface area (Å²) in [6.07, 6.45) is 0. The molecule has 106 valence electrons. The third-order valence-electron chi connectivity index (χ3n) is 3.19. The Morgan fingerprint density at radius 3 is 2.20 bits per heavy atom. The zero-order chi connectivity index (χ0) is 14.4. The third kappa shape index (κ3) is 3.52. The molecule has 0 spiro atoms. The SMILES string of the molecule is Cc1cccc(C)c1OCCOc1ccccc1CN. The van der Waals surface area contributed by atoms with E-state index in [0.29, 0.717) is 19.8 Å². The van der Waals surface area contributed by atoms with Crippen molar-refractivity contribution in [2.75, 3.05) is 13.2 Å². The van der Waals surface area contributed by atoms with Crippen LogP contribution >= 0.6 is 0 Å². The van der Waals surface area contributed by atoms with Crippen LogP contribution in [-0.2, 0) is 6.54 Å². The summed E-state index contributed by atoms with van der Waals surface area (Å²) < 4.78 is 11.5. The monoisotopic (exact) mass is 271 g/mol. The van der Waals surface area contributed by atoms with Crippen LogP contribution in [0.1, 0.15) is 16.7 Å². The lowest BCUT2D eigenvalue weighted by molar-refractivity contribution is 0.214. The van der Waals surface area contributed by atoms with Crippen LogP contribution in [-0.4, -0.2) is 13.2 Å². The highest BCUT2D eigenvalue weighted by Gasteiger charge is 2.04. The summed E-state index contributed by atoms with van der Waals surface area (Å²) in [4.78, 5) is 0. The molecule has 3 heteroatoms. The van der Waals surface area contributed by atoms with Crippen molar-refractivity contribution in [2.45, 2.75) is 20.4 Å². The number of rotatable bonds is 6. The van der Waals surface area contributed by atoms with Gasteiger partial charge in [-0.25, -0.2) is 0 Å². The van der Waals surface area contributed by atoms with Crippen molar-refractivity contribution in [3.63, 3.8) is 0 Å². The first kappa shape index (κ1) is 14.4. The summed E-state index contributed by atoms with van der Waals surface area (Å²) in [7, 11) is 0. The molecule has 2 aromatic carbocycles. The number of para-hydroxylation sites is 2. The molecule has 3 nitrogen and oxygen atoms in total. The van der Waals surface area contributed by atoms with Crippen LogP contribution in [0, 0.1) is 13.8 Å². The van der Waals surface area contributed by atoms with Crippen molar-refractivity contribution >= 4 is 0 Å². The van der Waals surface area contributed by atoms with Crippen molar-refractivity contribution in [1.82, 2.24) is 0 Å². The number of ether oxygens (including phenoxy) is 2. The first-order valence-corrected chi connectivity index (χ1v) is 6.82. The molecule has 2 N–H and O–H groups in total. The van der Waals surface area contributed by atoms with Crippen LogP contribution in [0.25, 0.3) is 0 Å². The molecule has 0 amide bonds. The second-order valence-electron chi connectivity index (χ2n) is 4.73. The summed E-state index contributed by atoms with van der Waals surface area (Å²) in [5.74, 6) is 1.78. The molecule has 0 aromatic heterocycles. The van der Waals surface area contributed by atoms with Crippen LogP contribution in [0.15, 0.2) is 42.5 Å². The van der Waals surface area contributed by atoms with Gasteiger partial charge < -0.3 is 15.2 Å². The van der Waals surface area contributed by atoms with E-state index in [1.807, 2.05) is 56.3 Å². The van der Waals surface area contributed by atoms with Crippen molar-refractivity contribution in [1.29, 1.82) is 0 Å². The van der Waals surface area contributed by atoms with Gasteiger partial charge >= 0.3 is 0 Å². The number of aryl methyl sites for hydroxylation is 2. The van der Waals surface area contributed by atoms with Crippen molar-refractivity contribution in [3.05, 3.63) is 59.2 Å². The Balaban J connectivity index is 1.88. The van der Waals surface area contributed by atoms with Gasteiger partial charge in [0.1, 0.15) is 24.7 Å². The van der Waals surface area contributed by atoms with E-state index in [2.05, 4.69) is 0 Å². The Morgan fingerprint density at radius 1 is 0.850 bits per heavy atom. The van der Waals surface area contributed by atoms with Gasteiger partial charge in [-0.1, -0.05) is 36.4 Å². The van der Waals surface area contributed by atoms with E-state index < -0.39 is 0 Å². The smallest absolute Gasteiger partial charge is 0.125 e. The van der Waals surface area contributed by atoms with Crippen LogP contribution in [0.2, 0.25) is 0 Å². The van der Waals surface area contributed by atoms with Gasteiger partial charge in [-0.05, 0) is 31.0 Å². The third-order valence-corrected chi connectivity index (χ3v) is 3.19. The van der Waals surface area contributed by atoms with Gasteiger partial charge in [-0.2, -0.15) is 0 Å². The summed E-state index contributed by atoms with van der Waals surface area (Å²) in [6.45, 7) is 5.60. The molecule has 0 saturated heterocycles. The molecular formula is C17H21NO2. The molecule has 0 heterocycles. The lowest BCUT2D eigenvalue weighted by atomic mass is 10.1. The lowest BCUT2D eigenvalue weighted by Gasteiger charge is -2.13. The minimum atomic E-state index is 0.480. The minimum Gasteiger partial charge on any atom is -0.490 e. The van der Waals surface area contributed by atoms with E-state index in [1.54, 1.807) is 0 Å². The summed E-state index contributed by atoms with van der Waals surface area (Å²) in [5.41, 5.74) is 8.98. The molecule has 0 aliphatic heterocycles. The zero-order valence-corrected chi connectivity index (χ0v) is 12.1. The number of hydrogen-bond donors (Lipinski definition) is 1. The molecule has 2 aromatic rings. The van der Waals surface area contributed by atoms with Gasteiger partial charge in [-0.15, -0.1) is 0 Å². The molecule has 0 unspecified atom stereocenters. The van der Waals surface area contributed by atoms with E-state index in [1.165, 1.54) is 0 Å². The van der Waals surface area contributed by atoms with Gasteiger partial charge in [0.05, 0.1) is 0 Å². The van der Waals surface area contributed by atoms with E-state index >= 15 is 0 Å². The predicted molar refractivity (Wildman–Crippen MR) is 81.2 cm³/mol. The molecule has 0 bridgehead atoms. The van der Waals surface area contributed by atoms with Crippen molar-refractivity contribution in [2.24, 2.45) is 5.73 Å². The molecule has 0 atom stereocenters. The summed E-state index contributed by atoms with van der Waals surface area (Å²) >= 11 is 0. The van der Waals surface area contributed by atoms with Gasteiger partial charge in [0.15, 0.2) is 0 Å². The summed E-state index contributed by atoms with van der Waals surface area (Å²) in [5, 5.41) is 0. The molecule has 2 rings (SSSR count). The van der Waals surface area contributed by atoms with Gasteiger partial charge in [-0.3, -0.25) is 0 Å². The highest BCUT2D eigenvalue weighted by molar-refractivity contribution is 5.39. The largest absolute Gasteiger partial charge is 0.490 e. The maximum absolute atomic E-state index is 5.81. The Hall–Kier alpha value is -2.00. The Morgan fingerprint density at radius 2 is 1.50 bits per heavy atom. The number of benzene rings is 2. The normalized spacial score (nSPS) is 10.3. The highest BCUT2D eigenvalue weighted by atomic mass is 16.5. The fourth-order valence-electron chi connectivity index (χ4n) is 2.14. The fraction of sp³-hybridized carbons (Fsp3) is 0.294. The van der Waals surface area contributed by atoms with Crippen molar-refractivity contribution in [3.8, 4) is 11.5 Å². The van der Waals surface area contributed by atoms with E-state index in [-0.39, 0.29) is 0 Å². The minimum absolute atomic E-state index is 0.480. The first-order chi connectivity index (χ1) is 9.72. The Bertz CT molecular complexity index is 546. The van der Waals surface area contributed by atoms with E-state index in [9.17, 15) is 0 Å². The molecule has 0 aliphatic carbocycles. The second kappa shape index (κ2) is 6.96. The fourth-order valence-corrected chi connectivity index (χ4v) is 2.14. The van der Waals surface area contributed by atoms with E-state index in [0.717, 1.165) is 28.2 Å². The quantitative estimate of drug-likeness (QED) is 0.820. The van der Waals surface area contributed by atoms with Gasteiger partial charge in [0.25, 0.3) is 0 Å². The second-order valence-corrected chi connectivity index (χ2v) is 4.73. The molecule has 0 saturated carbocycles. The van der Waals surface area contributed by atoms with Crippen LogP contribution in [0.4, 0.5) is 0 Å². The van der Waals surface area contributed by atoms with Gasteiger partial charge in [0, 0.05) is 12.1 Å². The van der Waals surface area contributed by atoms with E-state index in [4.69, 9.17) is 15.2 Å². The van der Waals surface area contributed by atoms with Crippen molar-refractivity contribution < 1.29 is 9.47 Å². The molecule has 20 heavy (non-hydrogen) atoms. The highest BCUT2D eigenvalue weighted by Crippen LogP contribution is 2.22. The zero-order valence-electron chi connectivity index (χ0n) is 12.1. The van der Waals surface area contributed by atoms with Gasteiger partial charge in [0.2, 0.25) is 0 Å². The van der Waals surface area contributed by atoms with Crippen LogP contribution in [0.5, 0.6) is 11.5 Å². The standard InChI is InChI=1S/C17H21NO2/c1-13-6-5-7-14(2)17(13)20-11-10-19-16-9-4-3-8-15(16)12-18/h3-9H,10-12,18H2,1-2H3. The molecule has 0 radical (unpaired) electrons. The average molecular weight is 271 g/mol. The molecular weight excluding hydrogens is 250 g/mol. The average Bonchev–Trinajstić information content (AvgIpc) is 2.46. The number of nitrogens with two attached hydrogens (primary N) is 1. The maximum Gasteiger partial charge on any atom is 0.125 e. The molecule has 0 fully saturated rings. The lowest BCUT2D eigenvalue weighted by Crippen LogP contribution is -2.11. The topological polar surface area (TPSA) is 44.5 Å². The van der Waals surface area contributed by atoms with Crippen LogP contribution < -0.4 is 15.2 Å². The number of hydrogen-bond acceptors (Lipinski definition) is 3. The Labute approximate surface area is 120 Å². The molecule has 0 aliphatic rings. The summed E-state index contributed by atoms with van der Waals surface area (Å²) in [6, 6.07) is 13.9. The first-order valence-electron chi connectivity index (χ1n) is 6.82. The Kier molecular flexibility index (Phi) is 5.02. The maximum atomic E-state index is 5.81. The predicted octanol–water partition coefficient (Wildman–Crippen LogP) is 3.22.